The number of esters is 2. The van der Waals surface area contributed by atoms with Crippen LogP contribution in [0.3, 0.4) is 0 Å². The molecule has 0 N–H and O–H groups in total. The molecule has 0 aromatic carbocycles. The SMILES string of the molecule is CC(=O)OC1COCC1OC(=O)CBr. The van der Waals surface area contributed by atoms with Crippen molar-refractivity contribution in [1.82, 2.24) is 0 Å². The third-order valence-corrected chi connectivity index (χ3v) is 2.15. The average Bonchev–Trinajstić information content (AvgIpc) is 2.52. The van der Waals surface area contributed by atoms with Crippen LogP contribution < -0.4 is 0 Å². The smallest absolute Gasteiger partial charge is 0.317 e. The predicted octanol–water partition coefficient (Wildman–Crippen LogP) is 0.255. The Labute approximate surface area is 89.8 Å². The number of hydrogen-bond acceptors (Lipinski definition) is 5. The summed E-state index contributed by atoms with van der Waals surface area (Å²) < 4.78 is 14.9. The third-order valence-electron chi connectivity index (χ3n) is 1.69. The highest BCUT2D eigenvalue weighted by Gasteiger charge is 2.33. The largest absolute Gasteiger partial charge is 0.456 e. The van der Waals surface area contributed by atoms with Gasteiger partial charge in [0, 0.05) is 6.92 Å². The standard InChI is InChI=1S/C8H11BrO5/c1-5(10)13-6-3-12-4-7(6)14-8(11)2-9/h6-7H,2-4H2,1H3. The molecule has 80 valence electrons. The topological polar surface area (TPSA) is 61.8 Å². The number of ether oxygens (including phenoxy) is 3. The molecule has 0 aromatic heterocycles. The zero-order valence-electron chi connectivity index (χ0n) is 7.70. The summed E-state index contributed by atoms with van der Waals surface area (Å²) in [6.45, 7) is 1.86. The Morgan fingerprint density at radius 1 is 1.36 bits per heavy atom. The van der Waals surface area contributed by atoms with Crippen LogP contribution >= 0.6 is 15.9 Å². The fourth-order valence-corrected chi connectivity index (χ4v) is 1.28. The number of alkyl halides is 1. The number of hydrogen-bond donors (Lipinski definition) is 0. The Morgan fingerprint density at radius 2 is 1.93 bits per heavy atom. The van der Waals surface area contributed by atoms with E-state index in [9.17, 15) is 9.59 Å². The van der Waals surface area contributed by atoms with Gasteiger partial charge in [0.1, 0.15) is 5.33 Å². The van der Waals surface area contributed by atoms with Crippen molar-refractivity contribution in [2.24, 2.45) is 0 Å². The van der Waals surface area contributed by atoms with Gasteiger partial charge in [-0.2, -0.15) is 0 Å². The molecule has 2 unspecified atom stereocenters. The van der Waals surface area contributed by atoms with Gasteiger partial charge in [0.2, 0.25) is 0 Å². The molecule has 0 radical (unpaired) electrons. The average molecular weight is 267 g/mol. The van der Waals surface area contributed by atoms with Crippen LogP contribution in [0.5, 0.6) is 0 Å². The van der Waals surface area contributed by atoms with Gasteiger partial charge in [-0.1, -0.05) is 15.9 Å². The zero-order chi connectivity index (χ0) is 10.6. The van der Waals surface area contributed by atoms with Gasteiger partial charge in [-0.25, -0.2) is 0 Å². The van der Waals surface area contributed by atoms with Crippen LogP contribution in [-0.4, -0.2) is 42.7 Å². The van der Waals surface area contributed by atoms with Gasteiger partial charge in [0.25, 0.3) is 0 Å². The van der Waals surface area contributed by atoms with E-state index in [1.54, 1.807) is 0 Å². The van der Waals surface area contributed by atoms with Gasteiger partial charge in [0.15, 0.2) is 12.2 Å². The highest BCUT2D eigenvalue weighted by atomic mass is 79.9. The molecule has 0 saturated carbocycles. The monoisotopic (exact) mass is 266 g/mol. The van der Waals surface area contributed by atoms with Crippen molar-refractivity contribution in [2.75, 3.05) is 18.5 Å². The van der Waals surface area contributed by atoms with Crippen LogP contribution in [0, 0.1) is 0 Å². The van der Waals surface area contributed by atoms with Crippen molar-refractivity contribution in [3.8, 4) is 0 Å². The number of carbonyl (C=O) groups excluding carboxylic acids is 2. The van der Waals surface area contributed by atoms with Crippen LogP contribution in [0.25, 0.3) is 0 Å². The van der Waals surface area contributed by atoms with Crippen LogP contribution in [0.2, 0.25) is 0 Å². The molecule has 0 spiro atoms. The third kappa shape index (κ3) is 3.26. The minimum Gasteiger partial charge on any atom is -0.456 e. The van der Waals surface area contributed by atoms with Crippen LogP contribution in [0.1, 0.15) is 6.92 Å². The number of halogens is 1. The van der Waals surface area contributed by atoms with E-state index in [2.05, 4.69) is 15.9 Å². The first-order valence-corrected chi connectivity index (χ1v) is 5.26. The van der Waals surface area contributed by atoms with Gasteiger partial charge >= 0.3 is 11.9 Å². The van der Waals surface area contributed by atoms with Gasteiger partial charge < -0.3 is 14.2 Å². The molecule has 1 aliphatic rings. The predicted molar refractivity (Wildman–Crippen MR) is 50.0 cm³/mol. The van der Waals surface area contributed by atoms with Crippen LogP contribution in [-0.2, 0) is 23.8 Å². The highest BCUT2D eigenvalue weighted by Crippen LogP contribution is 2.14. The van der Waals surface area contributed by atoms with Gasteiger partial charge in [-0.3, -0.25) is 9.59 Å². The molecular formula is C8H11BrO5. The molecule has 0 aliphatic carbocycles. The summed E-state index contributed by atoms with van der Waals surface area (Å²) >= 11 is 2.97. The maximum absolute atomic E-state index is 10.9. The second-order valence-electron chi connectivity index (χ2n) is 2.85. The minimum atomic E-state index is -0.482. The quantitative estimate of drug-likeness (QED) is 0.542. The molecular weight excluding hydrogens is 256 g/mol. The number of carbonyl (C=O) groups is 2. The van der Waals surface area contributed by atoms with Crippen LogP contribution in [0.4, 0.5) is 0 Å². The van der Waals surface area contributed by atoms with Crippen molar-refractivity contribution < 1.29 is 23.8 Å². The van der Waals surface area contributed by atoms with Crippen molar-refractivity contribution in [3.63, 3.8) is 0 Å². The lowest BCUT2D eigenvalue weighted by molar-refractivity contribution is -0.160. The van der Waals surface area contributed by atoms with Crippen molar-refractivity contribution in [1.29, 1.82) is 0 Å². The molecule has 1 saturated heterocycles. The van der Waals surface area contributed by atoms with Crippen molar-refractivity contribution >= 4 is 27.9 Å². The van der Waals surface area contributed by atoms with E-state index in [4.69, 9.17) is 14.2 Å². The fraction of sp³-hybridized carbons (Fsp3) is 0.750. The number of rotatable bonds is 3. The van der Waals surface area contributed by atoms with Gasteiger partial charge in [-0.15, -0.1) is 0 Å². The maximum atomic E-state index is 10.9. The Balaban J connectivity index is 2.42. The Bertz CT molecular complexity index is 230. The highest BCUT2D eigenvalue weighted by molar-refractivity contribution is 9.09. The van der Waals surface area contributed by atoms with E-state index >= 15 is 0 Å². The fourth-order valence-electron chi connectivity index (χ4n) is 1.15. The van der Waals surface area contributed by atoms with E-state index in [-0.39, 0.29) is 18.5 Å². The summed E-state index contributed by atoms with van der Waals surface area (Å²) in [5.74, 6) is -0.793. The summed E-state index contributed by atoms with van der Waals surface area (Å²) in [4.78, 5) is 21.6. The first kappa shape index (κ1) is 11.5. The Morgan fingerprint density at radius 3 is 2.43 bits per heavy atom. The van der Waals surface area contributed by atoms with E-state index < -0.39 is 24.1 Å². The van der Waals surface area contributed by atoms with Gasteiger partial charge in [-0.05, 0) is 0 Å². The lowest BCUT2D eigenvalue weighted by Gasteiger charge is -2.17. The maximum Gasteiger partial charge on any atom is 0.317 e. The van der Waals surface area contributed by atoms with Gasteiger partial charge in [0.05, 0.1) is 13.2 Å². The molecule has 0 aromatic rings. The second-order valence-corrected chi connectivity index (χ2v) is 3.41. The molecule has 5 nitrogen and oxygen atoms in total. The minimum absolute atomic E-state index is 0.121. The lowest BCUT2D eigenvalue weighted by atomic mass is 10.2. The molecule has 0 bridgehead atoms. The van der Waals surface area contributed by atoms with Crippen molar-refractivity contribution in [2.45, 2.75) is 19.1 Å². The summed E-state index contributed by atoms with van der Waals surface area (Å²) in [6.07, 6.45) is -0.959. The molecule has 1 aliphatic heterocycles. The summed E-state index contributed by atoms with van der Waals surface area (Å²) in [6, 6.07) is 0. The molecule has 1 rings (SSSR count). The van der Waals surface area contributed by atoms with E-state index in [1.807, 2.05) is 0 Å². The van der Waals surface area contributed by atoms with E-state index in [0.29, 0.717) is 0 Å². The molecule has 6 heteroatoms. The summed E-state index contributed by atoms with van der Waals surface area (Å²) in [5.41, 5.74) is 0. The summed E-state index contributed by atoms with van der Waals surface area (Å²) in [5, 5.41) is 0.121. The molecule has 1 fully saturated rings. The zero-order valence-corrected chi connectivity index (χ0v) is 9.28. The molecule has 14 heavy (non-hydrogen) atoms. The molecule has 0 amide bonds. The van der Waals surface area contributed by atoms with E-state index in [0.717, 1.165) is 0 Å². The Hall–Kier alpha value is -0.620. The van der Waals surface area contributed by atoms with Crippen molar-refractivity contribution in [3.05, 3.63) is 0 Å². The first-order valence-electron chi connectivity index (χ1n) is 4.14. The lowest BCUT2D eigenvalue weighted by Crippen LogP contribution is -2.33. The Kier molecular flexibility index (Phi) is 4.34. The molecule has 2 atom stereocenters. The van der Waals surface area contributed by atoms with E-state index in [1.165, 1.54) is 6.92 Å². The summed E-state index contributed by atoms with van der Waals surface area (Å²) in [7, 11) is 0. The van der Waals surface area contributed by atoms with Crippen LogP contribution in [0.15, 0.2) is 0 Å². The second kappa shape index (κ2) is 5.31. The molecule has 1 heterocycles. The first-order chi connectivity index (χ1) is 6.63. The normalized spacial score (nSPS) is 25.9.